The molecule has 3 atom stereocenters. The van der Waals surface area contributed by atoms with Crippen LogP contribution in [0, 0.1) is 0 Å². The minimum atomic E-state index is -1.22. The van der Waals surface area contributed by atoms with Crippen molar-refractivity contribution < 1.29 is 24.6 Å². The van der Waals surface area contributed by atoms with E-state index < -0.39 is 35.9 Å². The first kappa shape index (κ1) is 25.0. The monoisotopic (exact) mass is 440 g/mol. The largest absolute Gasteiger partial charge is 0.508 e. The quantitative estimate of drug-likeness (QED) is 0.0811. The zero-order chi connectivity index (χ0) is 22.7. The third-order valence-corrected chi connectivity index (χ3v) is 4.47. The summed E-state index contributed by atoms with van der Waals surface area (Å²) in [6, 6.07) is 3.03. The maximum atomic E-state index is 12.4. The van der Waals surface area contributed by atoms with E-state index in [1.807, 2.05) is 0 Å². The summed E-state index contributed by atoms with van der Waals surface area (Å²) >= 11 is 4.05. The Hall–Kier alpha value is -2.99. The van der Waals surface area contributed by atoms with E-state index in [1.165, 1.54) is 12.1 Å². The van der Waals surface area contributed by atoms with Gasteiger partial charge in [0.2, 0.25) is 11.8 Å². The first-order chi connectivity index (χ1) is 14.1. The number of phenolic OH excluding ortho intramolecular Hbond substituents is 1. The van der Waals surface area contributed by atoms with Gasteiger partial charge in [-0.3, -0.25) is 14.6 Å². The summed E-state index contributed by atoms with van der Waals surface area (Å²) in [5.41, 5.74) is 17.0. The van der Waals surface area contributed by atoms with Crippen molar-refractivity contribution in [1.82, 2.24) is 10.6 Å². The van der Waals surface area contributed by atoms with Gasteiger partial charge in [-0.15, -0.1) is 0 Å². The van der Waals surface area contributed by atoms with Gasteiger partial charge in [-0.1, -0.05) is 12.1 Å². The molecule has 30 heavy (non-hydrogen) atoms. The van der Waals surface area contributed by atoms with Gasteiger partial charge in [0, 0.05) is 12.3 Å². The Bertz CT molecular complexity index is 754. The van der Waals surface area contributed by atoms with Crippen molar-refractivity contribution in [1.29, 1.82) is 0 Å². The molecule has 0 aliphatic rings. The lowest BCUT2D eigenvalue weighted by Gasteiger charge is -2.21. The molecule has 2 amide bonds. The van der Waals surface area contributed by atoms with Crippen LogP contribution >= 0.6 is 12.6 Å². The average Bonchev–Trinajstić information content (AvgIpc) is 2.69. The molecular formula is C18H28N6O5S. The van der Waals surface area contributed by atoms with E-state index in [1.54, 1.807) is 12.1 Å². The molecule has 1 aromatic rings. The van der Waals surface area contributed by atoms with Gasteiger partial charge in [-0.25, -0.2) is 4.79 Å². The lowest BCUT2D eigenvalue weighted by atomic mass is 10.1. The molecule has 3 unspecified atom stereocenters. The number of rotatable bonds is 12. The molecule has 0 fully saturated rings. The van der Waals surface area contributed by atoms with Gasteiger partial charge in [0.25, 0.3) is 0 Å². The molecule has 0 radical (unpaired) electrons. The number of thiol groups is 1. The van der Waals surface area contributed by atoms with Gasteiger partial charge >= 0.3 is 5.97 Å². The number of guanidine groups is 1. The zero-order valence-corrected chi connectivity index (χ0v) is 17.2. The highest BCUT2D eigenvalue weighted by Crippen LogP contribution is 2.11. The van der Waals surface area contributed by atoms with E-state index in [2.05, 4.69) is 28.3 Å². The average molecular weight is 441 g/mol. The molecule has 0 bridgehead atoms. The predicted octanol–water partition coefficient (Wildman–Crippen LogP) is -1.70. The molecule has 0 heterocycles. The first-order valence-electron chi connectivity index (χ1n) is 9.17. The summed E-state index contributed by atoms with van der Waals surface area (Å²) in [4.78, 5) is 39.9. The number of aliphatic carboxylic acids is 1. The normalized spacial score (nSPS) is 13.5. The summed E-state index contributed by atoms with van der Waals surface area (Å²) in [7, 11) is 0. The van der Waals surface area contributed by atoms with Crippen LogP contribution in [0.15, 0.2) is 29.3 Å². The maximum Gasteiger partial charge on any atom is 0.326 e. The van der Waals surface area contributed by atoms with E-state index >= 15 is 0 Å². The number of nitrogens with one attached hydrogen (secondary N) is 2. The predicted molar refractivity (Wildman–Crippen MR) is 115 cm³/mol. The number of amides is 2. The van der Waals surface area contributed by atoms with Crippen LogP contribution in [-0.4, -0.2) is 64.4 Å². The van der Waals surface area contributed by atoms with Gasteiger partial charge in [0.05, 0.1) is 6.04 Å². The Morgan fingerprint density at radius 2 is 1.67 bits per heavy atom. The van der Waals surface area contributed by atoms with Crippen LogP contribution < -0.4 is 27.8 Å². The van der Waals surface area contributed by atoms with Crippen LogP contribution in [0.2, 0.25) is 0 Å². The molecule has 10 N–H and O–H groups in total. The number of nitrogens with two attached hydrogens (primary N) is 3. The maximum absolute atomic E-state index is 12.4. The van der Waals surface area contributed by atoms with E-state index in [9.17, 15) is 24.6 Å². The Kier molecular flexibility index (Phi) is 10.5. The molecule has 1 rings (SSSR count). The van der Waals surface area contributed by atoms with E-state index in [0.29, 0.717) is 6.42 Å². The number of carboxylic acid groups (broad SMARTS) is 1. The second-order valence-corrected chi connectivity index (χ2v) is 6.93. The van der Waals surface area contributed by atoms with Crippen LogP contribution in [0.25, 0.3) is 0 Å². The summed E-state index contributed by atoms with van der Waals surface area (Å²) in [5.74, 6) is -2.56. The number of carboxylic acids is 1. The number of aromatic hydroxyl groups is 1. The van der Waals surface area contributed by atoms with Gasteiger partial charge in [-0.05, 0) is 37.0 Å². The smallest absolute Gasteiger partial charge is 0.326 e. The molecule has 11 nitrogen and oxygen atoms in total. The van der Waals surface area contributed by atoms with Crippen molar-refractivity contribution in [3.8, 4) is 5.75 Å². The number of phenols is 1. The van der Waals surface area contributed by atoms with E-state index in [-0.39, 0.29) is 36.8 Å². The molecule has 0 saturated carbocycles. The van der Waals surface area contributed by atoms with Crippen molar-refractivity contribution in [2.24, 2.45) is 22.2 Å². The Balaban J connectivity index is 2.62. The summed E-state index contributed by atoms with van der Waals surface area (Å²) in [6.45, 7) is 0.223. The van der Waals surface area contributed by atoms with E-state index in [4.69, 9.17) is 17.2 Å². The number of benzene rings is 1. The molecule has 0 saturated heterocycles. The van der Waals surface area contributed by atoms with Crippen LogP contribution in [-0.2, 0) is 20.8 Å². The number of aliphatic imine (C=N–C) groups is 1. The van der Waals surface area contributed by atoms with Crippen molar-refractivity contribution in [2.45, 2.75) is 37.4 Å². The fourth-order valence-electron chi connectivity index (χ4n) is 2.48. The standard InChI is InChI=1S/C18H28N6O5S/c19-12(8-10-3-5-11(25)6-4-10)15(26)24-14(9-30)16(27)23-13(17(28)29)2-1-7-22-18(20)21/h3-6,12-14,25,30H,1-2,7-9,19H2,(H,23,27)(H,24,26)(H,28,29)(H4,20,21,22). The van der Waals surface area contributed by atoms with Crippen molar-refractivity contribution in [2.75, 3.05) is 12.3 Å². The van der Waals surface area contributed by atoms with Crippen LogP contribution in [0.3, 0.4) is 0 Å². The molecule has 0 aliphatic carbocycles. The third kappa shape index (κ3) is 9.01. The van der Waals surface area contributed by atoms with Crippen molar-refractivity contribution in [3.63, 3.8) is 0 Å². The Morgan fingerprint density at radius 3 is 2.20 bits per heavy atom. The summed E-state index contributed by atoms with van der Waals surface area (Å²) < 4.78 is 0. The van der Waals surface area contributed by atoms with Gasteiger partial charge in [0.15, 0.2) is 5.96 Å². The van der Waals surface area contributed by atoms with Crippen LogP contribution in [0.4, 0.5) is 0 Å². The zero-order valence-electron chi connectivity index (χ0n) is 16.3. The molecular weight excluding hydrogens is 412 g/mol. The van der Waals surface area contributed by atoms with E-state index in [0.717, 1.165) is 5.56 Å². The molecule has 166 valence electrons. The van der Waals surface area contributed by atoms with Crippen molar-refractivity contribution in [3.05, 3.63) is 29.8 Å². The number of hydrogen-bond donors (Lipinski definition) is 8. The molecule has 0 aromatic heterocycles. The Labute approximate surface area is 179 Å². The molecule has 12 heteroatoms. The fraction of sp³-hybridized carbons (Fsp3) is 0.444. The third-order valence-electron chi connectivity index (χ3n) is 4.10. The summed E-state index contributed by atoms with van der Waals surface area (Å²) in [6.07, 6.45) is 0.631. The Morgan fingerprint density at radius 1 is 1.07 bits per heavy atom. The highest BCUT2D eigenvalue weighted by atomic mass is 32.1. The second-order valence-electron chi connectivity index (χ2n) is 6.57. The second kappa shape index (κ2) is 12.5. The number of carbonyl (C=O) groups excluding carboxylic acids is 2. The fourth-order valence-corrected chi connectivity index (χ4v) is 2.74. The SMILES string of the molecule is NC(N)=NCCCC(NC(=O)C(CS)NC(=O)C(N)Cc1ccc(O)cc1)C(=O)O. The first-order valence-corrected chi connectivity index (χ1v) is 9.80. The van der Waals surface area contributed by atoms with Crippen molar-refractivity contribution >= 4 is 36.4 Å². The van der Waals surface area contributed by atoms with Crippen LogP contribution in [0.5, 0.6) is 5.75 Å². The number of hydrogen-bond acceptors (Lipinski definition) is 7. The highest BCUT2D eigenvalue weighted by molar-refractivity contribution is 7.80. The minimum Gasteiger partial charge on any atom is -0.508 e. The lowest BCUT2D eigenvalue weighted by Crippen LogP contribution is -2.55. The minimum absolute atomic E-state index is 0.0517. The van der Waals surface area contributed by atoms with Gasteiger partial charge in [-0.2, -0.15) is 12.6 Å². The topological polar surface area (TPSA) is 206 Å². The van der Waals surface area contributed by atoms with Crippen LogP contribution in [0.1, 0.15) is 18.4 Å². The molecule has 0 aliphatic heterocycles. The van der Waals surface area contributed by atoms with Gasteiger partial charge < -0.3 is 38.0 Å². The summed E-state index contributed by atoms with van der Waals surface area (Å²) in [5, 5.41) is 23.4. The lowest BCUT2D eigenvalue weighted by molar-refractivity contribution is -0.142. The number of nitrogens with zero attached hydrogens (tertiary/aromatic N) is 1. The molecule has 1 aromatic carbocycles. The molecule has 0 spiro atoms. The highest BCUT2D eigenvalue weighted by Gasteiger charge is 2.27. The number of carbonyl (C=O) groups is 3. The van der Waals surface area contributed by atoms with Gasteiger partial charge in [0.1, 0.15) is 17.8 Å².